The fourth-order valence-electron chi connectivity index (χ4n) is 2.87. The van der Waals surface area contributed by atoms with Gasteiger partial charge in [0.05, 0.1) is 24.6 Å². The summed E-state index contributed by atoms with van der Waals surface area (Å²) < 4.78 is 10.7. The molecule has 0 unspecified atom stereocenters. The largest absolute Gasteiger partial charge is 0.495 e. The molecule has 7 nitrogen and oxygen atoms in total. The summed E-state index contributed by atoms with van der Waals surface area (Å²) in [4.78, 5) is 19.8. The van der Waals surface area contributed by atoms with Crippen LogP contribution in [-0.2, 0) is 4.74 Å². The number of aliphatic imine (C=N–C) groups is 1. The molecule has 0 aliphatic heterocycles. The Balaban J connectivity index is 1.75. The van der Waals surface area contributed by atoms with Crippen molar-refractivity contribution in [1.82, 2.24) is 0 Å². The molecule has 3 aromatic rings. The molecular formula is C24H27N4O3+. The number of nitrogens with two attached hydrogens (primary N) is 1. The van der Waals surface area contributed by atoms with Gasteiger partial charge in [-0.2, -0.15) is 0 Å². The van der Waals surface area contributed by atoms with Gasteiger partial charge in [-0.05, 0) is 61.7 Å². The lowest BCUT2D eigenvalue weighted by Crippen LogP contribution is -2.23. The van der Waals surface area contributed by atoms with Crippen LogP contribution in [0.25, 0.3) is 11.1 Å². The Morgan fingerprint density at radius 1 is 1.03 bits per heavy atom. The number of benzene rings is 2. The van der Waals surface area contributed by atoms with Gasteiger partial charge in [-0.3, -0.25) is 0 Å². The maximum atomic E-state index is 12.3. The van der Waals surface area contributed by atoms with Gasteiger partial charge >= 0.3 is 17.7 Å². The first-order valence-electron chi connectivity index (χ1n) is 9.85. The number of nitrogens with zero attached hydrogens (tertiary/aromatic N) is 1. The highest BCUT2D eigenvalue weighted by atomic mass is 16.6. The number of anilines is 1. The third-order valence-corrected chi connectivity index (χ3v) is 4.24. The zero-order chi connectivity index (χ0) is 22.4. The van der Waals surface area contributed by atoms with Gasteiger partial charge < -0.3 is 20.5 Å². The molecule has 31 heavy (non-hydrogen) atoms. The Hall–Kier alpha value is -3.87. The molecule has 0 atom stereocenters. The molecule has 0 amide bonds. The van der Waals surface area contributed by atoms with Crippen molar-refractivity contribution < 1.29 is 19.3 Å². The van der Waals surface area contributed by atoms with Gasteiger partial charge in [-0.1, -0.05) is 24.3 Å². The normalized spacial score (nSPS) is 11.7. The maximum Gasteiger partial charge on any atom is 0.338 e. The number of pyridine rings is 1. The molecule has 1 aromatic heterocycles. The molecule has 4 N–H and O–H groups in total. The van der Waals surface area contributed by atoms with Crippen LogP contribution in [0.5, 0.6) is 5.75 Å². The molecule has 2 aromatic carbocycles. The molecule has 1 heterocycles. The number of ether oxygens (including phenoxy) is 2. The first-order valence-corrected chi connectivity index (χ1v) is 9.85. The van der Waals surface area contributed by atoms with Crippen molar-refractivity contribution in [1.29, 1.82) is 0 Å². The molecule has 0 radical (unpaired) electrons. The Morgan fingerprint density at radius 3 is 2.48 bits per heavy atom. The smallest absolute Gasteiger partial charge is 0.338 e. The minimum Gasteiger partial charge on any atom is -0.495 e. The van der Waals surface area contributed by atoms with Crippen LogP contribution in [0.4, 0.5) is 11.5 Å². The molecule has 160 valence electrons. The maximum absolute atomic E-state index is 12.3. The molecule has 0 bridgehead atoms. The number of methoxy groups -OCH3 is 1. The number of para-hydroxylation sites is 2. The fourth-order valence-corrected chi connectivity index (χ4v) is 2.87. The SMILES string of the molecule is COc1ccccc1NC(N)=Nc1ccc(-c2cccc(C(=O)OC(C)(C)C)c2)c[nH+]1. The molecule has 0 aliphatic rings. The Labute approximate surface area is 181 Å². The van der Waals surface area contributed by atoms with Crippen LogP contribution in [-0.4, -0.2) is 24.6 Å². The second-order valence-electron chi connectivity index (χ2n) is 7.87. The van der Waals surface area contributed by atoms with Gasteiger partial charge in [0.1, 0.15) is 11.4 Å². The number of guanidine groups is 1. The summed E-state index contributed by atoms with van der Waals surface area (Å²) in [5.74, 6) is 1.12. The number of esters is 1. The van der Waals surface area contributed by atoms with E-state index in [-0.39, 0.29) is 11.9 Å². The van der Waals surface area contributed by atoms with Crippen LogP contribution in [0.2, 0.25) is 0 Å². The zero-order valence-corrected chi connectivity index (χ0v) is 18.1. The van der Waals surface area contributed by atoms with Gasteiger partial charge in [0, 0.05) is 11.6 Å². The number of hydrogen-bond donors (Lipinski definition) is 2. The molecule has 0 fully saturated rings. The quantitative estimate of drug-likeness (QED) is 0.367. The highest BCUT2D eigenvalue weighted by Crippen LogP contribution is 2.24. The molecule has 0 saturated carbocycles. The Kier molecular flexibility index (Phi) is 6.55. The molecule has 0 saturated heterocycles. The van der Waals surface area contributed by atoms with E-state index in [0.717, 1.165) is 16.8 Å². The van der Waals surface area contributed by atoms with E-state index in [2.05, 4.69) is 15.3 Å². The number of aromatic amines is 1. The van der Waals surface area contributed by atoms with Gasteiger partial charge in [-0.25, -0.2) is 9.78 Å². The Morgan fingerprint density at radius 2 is 1.81 bits per heavy atom. The Bertz CT molecular complexity index is 1090. The summed E-state index contributed by atoms with van der Waals surface area (Å²) in [6.07, 6.45) is 1.81. The van der Waals surface area contributed by atoms with Crippen molar-refractivity contribution in [2.45, 2.75) is 26.4 Å². The van der Waals surface area contributed by atoms with Crippen molar-refractivity contribution in [2.75, 3.05) is 12.4 Å². The second-order valence-corrected chi connectivity index (χ2v) is 7.87. The van der Waals surface area contributed by atoms with E-state index in [1.807, 2.05) is 75.5 Å². The average molecular weight is 420 g/mol. The first kappa shape index (κ1) is 21.8. The lowest BCUT2D eigenvalue weighted by molar-refractivity contribution is -0.361. The zero-order valence-electron chi connectivity index (χ0n) is 18.1. The van der Waals surface area contributed by atoms with E-state index in [1.165, 1.54) is 0 Å². The van der Waals surface area contributed by atoms with E-state index in [9.17, 15) is 4.79 Å². The highest BCUT2D eigenvalue weighted by Gasteiger charge is 2.18. The molecule has 0 aliphatic carbocycles. The number of aromatic nitrogens is 1. The van der Waals surface area contributed by atoms with Crippen molar-refractivity contribution >= 4 is 23.4 Å². The molecule has 7 heteroatoms. The lowest BCUT2D eigenvalue weighted by atomic mass is 10.0. The molecule has 0 spiro atoms. The average Bonchev–Trinajstić information content (AvgIpc) is 2.73. The minimum absolute atomic E-state index is 0.223. The third kappa shape index (κ3) is 6.05. The number of rotatable bonds is 5. The summed E-state index contributed by atoms with van der Waals surface area (Å²) in [5.41, 5.74) is 8.49. The van der Waals surface area contributed by atoms with Crippen molar-refractivity contribution in [2.24, 2.45) is 10.7 Å². The standard InChI is InChI=1S/C24H26N4O3/c1-24(2,3)31-22(29)17-9-7-8-16(14-17)18-12-13-21(26-15-18)28-23(25)27-19-10-5-6-11-20(19)30-4/h5-15H,1-4H3,(H3,25,26,27,28)/p+1. The highest BCUT2D eigenvalue weighted by molar-refractivity contribution is 5.95. The number of hydrogen-bond acceptors (Lipinski definition) is 4. The molecule has 3 rings (SSSR count). The lowest BCUT2D eigenvalue weighted by Gasteiger charge is -2.19. The van der Waals surface area contributed by atoms with Gasteiger partial charge in [0.25, 0.3) is 0 Å². The van der Waals surface area contributed by atoms with E-state index < -0.39 is 5.60 Å². The van der Waals surface area contributed by atoms with E-state index in [0.29, 0.717) is 17.1 Å². The van der Waals surface area contributed by atoms with Crippen LogP contribution < -0.4 is 20.8 Å². The van der Waals surface area contributed by atoms with Crippen LogP contribution in [0, 0.1) is 0 Å². The summed E-state index contributed by atoms with van der Waals surface area (Å²) in [5, 5.41) is 3.03. The minimum atomic E-state index is -0.543. The number of carbonyl (C=O) groups excluding carboxylic acids is 1. The number of H-pyrrole nitrogens is 1. The van der Waals surface area contributed by atoms with E-state index in [4.69, 9.17) is 15.2 Å². The monoisotopic (exact) mass is 419 g/mol. The second kappa shape index (κ2) is 9.30. The van der Waals surface area contributed by atoms with Crippen LogP contribution >= 0.6 is 0 Å². The van der Waals surface area contributed by atoms with Crippen LogP contribution in [0.3, 0.4) is 0 Å². The summed E-state index contributed by atoms with van der Waals surface area (Å²) in [6, 6.07) is 18.5. The van der Waals surface area contributed by atoms with Gasteiger partial charge in [0.15, 0.2) is 0 Å². The van der Waals surface area contributed by atoms with Crippen molar-refractivity contribution in [3.8, 4) is 16.9 Å². The van der Waals surface area contributed by atoms with E-state index >= 15 is 0 Å². The molecular weight excluding hydrogens is 392 g/mol. The van der Waals surface area contributed by atoms with Crippen molar-refractivity contribution in [3.05, 3.63) is 72.4 Å². The summed E-state index contributed by atoms with van der Waals surface area (Å²) in [6.45, 7) is 5.53. The topological polar surface area (TPSA) is 100 Å². The van der Waals surface area contributed by atoms with Gasteiger partial charge in [-0.15, -0.1) is 0 Å². The van der Waals surface area contributed by atoms with E-state index in [1.54, 1.807) is 19.2 Å². The number of nitrogens with one attached hydrogen (secondary N) is 2. The van der Waals surface area contributed by atoms with Crippen molar-refractivity contribution in [3.63, 3.8) is 0 Å². The fraction of sp³-hybridized carbons (Fsp3) is 0.208. The van der Waals surface area contributed by atoms with Gasteiger partial charge in [0.2, 0.25) is 0 Å². The summed E-state index contributed by atoms with van der Waals surface area (Å²) in [7, 11) is 1.60. The van der Waals surface area contributed by atoms with Crippen LogP contribution in [0.1, 0.15) is 31.1 Å². The third-order valence-electron chi connectivity index (χ3n) is 4.24. The predicted octanol–water partition coefficient (Wildman–Crippen LogP) is 4.19. The predicted molar refractivity (Wildman–Crippen MR) is 122 cm³/mol. The van der Waals surface area contributed by atoms with Crippen LogP contribution in [0.15, 0.2) is 71.9 Å². The summed E-state index contributed by atoms with van der Waals surface area (Å²) >= 11 is 0. The first-order chi connectivity index (χ1) is 14.7. The number of carbonyl (C=O) groups is 1.